The molecule has 2 amide bonds. The summed E-state index contributed by atoms with van der Waals surface area (Å²) < 4.78 is 5.83. The van der Waals surface area contributed by atoms with Crippen molar-refractivity contribution < 1.29 is 14.3 Å². The zero-order chi connectivity index (χ0) is 22.8. The van der Waals surface area contributed by atoms with Crippen molar-refractivity contribution in [2.45, 2.75) is 38.1 Å². The van der Waals surface area contributed by atoms with Crippen LogP contribution < -0.4 is 5.32 Å². The third-order valence-electron chi connectivity index (χ3n) is 6.70. The van der Waals surface area contributed by atoms with Gasteiger partial charge in [-0.25, -0.2) is 4.79 Å². The molecule has 0 radical (unpaired) electrons. The third kappa shape index (κ3) is 4.23. The number of benzene rings is 3. The number of likely N-dealkylation sites (tertiary alicyclic amines) is 1. The lowest BCUT2D eigenvalue weighted by Crippen LogP contribution is -2.50. The van der Waals surface area contributed by atoms with Crippen LogP contribution in [-0.4, -0.2) is 36.1 Å². The van der Waals surface area contributed by atoms with Gasteiger partial charge in [0.2, 0.25) is 5.91 Å². The Morgan fingerprint density at radius 2 is 1.55 bits per heavy atom. The fraction of sp³-hybridized carbons (Fsp3) is 0.286. The van der Waals surface area contributed by atoms with Crippen molar-refractivity contribution in [2.75, 3.05) is 18.5 Å². The maximum absolute atomic E-state index is 13.1. The first-order valence-corrected chi connectivity index (χ1v) is 11.6. The fourth-order valence-electron chi connectivity index (χ4n) is 4.96. The maximum atomic E-state index is 13.1. The first-order valence-electron chi connectivity index (χ1n) is 11.6. The summed E-state index contributed by atoms with van der Waals surface area (Å²) in [5, 5.41) is 2.96. The highest BCUT2D eigenvalue weighted by Crippen LogP contribution is 2.44. The number of amides is 2. The zero-order valence-corrected chi connectivity index (χ0v) is 18.8. The molecule has 33 heavy (non-hydrogen) atoms. The van der Waals surface area contributed by atoms with Gasteiger partial charge in [-0.1, -0.05) is 66.2 Å². The lowest BCUT2D eigenvalue weighted by Gasteiger charge is -2.34. The van der Waals surface area contributed by atoms with Gasteiger partial charge >= 0.3 is 6.09 Å². The van der Waals surface area contributed by atoms with Gasteiger partial charge in [-0.2, -0.15) is 0 Å². The van der Waals surface area contributed by atoms with Crippen molar-refractivity contribution in [3.8, 4) is 11.1 Å². The van der Waals surface area contributed by atoms with Gasteiger partial charge < -0.3 is 10.1 Å². The van der Waals surface area contributed by atoms with Crippen LogP contribution in [0.15, 0.2) is 72.8 Å². The molecule has 0 saturated carbocycles. The van der Waals surface area contributed by atoms with Gasteiger partial charge in [0, 0.05) is 18.2 Å². The van der Waals surface area contributed by atoms with Crippen LogP contribution in [0.25, 0.3) is 11.1 Å². The van der Waals surface area contributed by atoms with E-state index >= 15 is 0 Å². The summed E-state index contributed by atoms with van der Waals surface area (Å²) in [6, 6.07) is 23.7. The Balaban J connectivity index is 1.28. The summed E-state index contributed by atoms with van der Waals surface area (Å²) in [6.07, 6.45) is 2.01. The van der Waals surface area contributed by atoms with Crippen molar-refractivity contribution >= 4 is 17.7 Å². The zero-order valence-electron chi connectivity index (χ0n) is 18.8. The molecule has 5 nitrogen and oxygen atoms in total. The molecule has 1 aliphatic carbocycles. The number of anilines is 1. The molecule has 2 aliphatic rings. The normalized spacial score (nSPS) is 17.2. The van der Waals surface area contributed by atoms with Crippen LogP contribution in [-0.2, 0) is 9.53 Å². The first-order chi connectivity index (χ1) is 16.1. The molecule has 1 aliphatic heterocycles. The second-order valence-electron chi connectivity index (χ2n) is 8.86. The average molecular weight is 441 g/mol. The second kappa shape index (κ2) is 9.10. The molecule has 0 bridgehead atoms. The molecule has 0 unspecified atom stereocenters. The number of aryl methyl sites for hydroxylation is 1. The Morgan fingerprint density at radius 3 is 2.21 bits per heavy atom. The van der Waals surface area contributed by atoms with E-state index in [1.54, 1.807) is 4.90 Å². The van der Waals surface area contributed by atoms with E-state index in [0.717, 1.165) is 24.1 Å². The Morgan fingerprint density at radius 1 is 0.909 bits per heavy atom. The molecule has 5 heteroatoms. The Labute approximate surface area is 194 Å². The molecule has 1 heterocycles. The molecule has 5 rings (SSSR count). The SMILES string of the molecule is Cc1ccc(NC(=O)[C@@H]2CCCCN2C(=O)OCC2c3ccccc3-c3ccccc32)cc1. The minimum absolute atomic E-state index is 0.00553. The molecular weight excluding hydrogens is 412 g/mol. The van der Waals surface area contributed by atoms with Gasteiger partial charge in [-0.3, -0.25) is 9.69 Å². The Bertz CT molecular complexity index is 1130. The molecule has 1 atom stereocenters. The summed E-state index contributed by atoms with van der Waals surface area (Å²) in [4.78, 5) is 27.7. The molecule has 1 N–H and O–H groups in total. The van der Waals surface area contributed by atoms with E-state index < -0.39 is 12.1 Å². The van der Waals surface area contributed by atoms with Gasteiger partial charge in [-0.05, 0) is 60.6 Å². The first kappa shape index (κ1) is 21.3. The van der Waals surface area contributed by atoms with E-state index in [4.69, 9.17) is 4.74 Å². The molecule has 1 fully saturated rings. The molecule has 3 aromatic carbocycles. The number of hydrogen-bond donors (Lipinski definition) is 1. The van der Waals surface area contributed by atoms with Crippen molar-refractivity contribution in [1.29, 1.82) is 0 Å². The van der Waals surface area contributed by atoms with Crippen molar-refractivity contribution in [3.05, 3.63) is 89.5 Å². The highest BCUT2D eigenvalue weighted by Gasteiger charge is 2.35. The van der Waals surface area contributed by atoms with Crippen LogP contribution in [0.5, 0.6) is 0 Å². The highest BCUT2D eigenvalue weighted by molar-refractivity contribution is 5.96. The number of carbonyl (C=O) groups is 2. The molecule has 1 saturated heterocycles. The van der Waals surface area contributed by atoms with Gasteiger partial charge in [-0.15, -0.1) is 0 Å². The van der Waals surface area contributed by atoms with E-state index in [9.17, 15) is 9.59 Å². The number of nitrogens with one attached hydrogen (secondary N) is 1. The van der Waals surface area contributed by atoms with Crippen LogP contribution >= 0.6 is 0 Å². The van der Waals surface area contributed by atoms with Gasteiger partial charge in [0.15, 0.2) is 0 Å². The number of ether oxygens (including phenoxy) is 1. The summed E-state index contributed by atoms with van der Waals surface area (Å²) in [5.74, 6) is -0.155. The minimum atomic E-state index is -0.518. The topological polar surface area (TPSA) is 58.6 Å². The molecule has 0 spiro atoms. The lowest BCUT2D eigenvalue weighted by molar-refractivity contribution is -0.121. The molecule has 0 aromatic heterocycles. The Kier molecular flexibility index (Phi) is 5.86. The van der Waals surface area contributed by atoms with Crippen LogP contribution in [0.2, 0.25) is 0 Å². The predicted octanol–water partition coefficient (Wildman–Crippen LogP) is 5.74. The summed E-state index contributed by atoms with van der Waals surface area (Å²) in [6.45, 7) is 2.80. The number of piperidine rings is 1. The van der Waals surface area contributed by atoms with E-state index in [0.29, 0.717) is 13.0 Å². The average Bonchev–Trinajstić information content (AvgIpc) is 3.17. The number of fused-ring (bicyclic) bond motifs is 3. The van der Waals surface area contributed by atoms with E-state index in [1.165, 1.54) is 22.3 Å². The van der Waals surface area contributed by atoms with Crippen molar-refractivity contribution in [1.82, 2.24) is 4.90 Å². The predicted molar refractivity (Wildman–Crippen MR) is 129 cm³/mol. The number of nitrogens with zero attached hydrogens (tertiary/aromatic N) is 1. The minimum Gasteiger partial charge on any atom is -0.448 e. The van der Waals surface area contributed by atoms with Crippen LogP contribution in [0.4, 0.5) is 10.5 Å². The maximum Gasteiger partial charge on any atom is 0.410 e. The largest absolute Gasteiger partial charge is 0.448 e. The summed E-state index contributed by atoms with van der Waals surface area (Å²) in [7, 11) is 0. The molecule has 168 valence electrons. The van der Waals surface area contributed by atoms with Crippen molar-refractivity contribution in [3.63, 3.8) is 0 Å². The highest BCUT2D eigenvalue weighted by atomic mass is 16.6. The van der Waals surface area contributed by atoms with E-state index in [2.05, 4.69) is 29.6 Å². The fourth-order valence-corrected chi connectivity index (χ4v) is 4.96. The summed E-state index contributed by atoms with van der Waals surface area (Å²) in [5.41, 5.74) is 6.62. The van der Waals surface area contributed by atoms with E-state index in [1.807, 2.05) is 55.5 Å². The molecule has 3 aromatic rings. The van der Waals surface area contributed by atoms with Crippen LogP contribution in [0.3, 0.4) is 0 Å². The van der Waals surface area contributed by atoms with Gasteiger partial charge in [0.05, 0.1) is 0 Å². The number of rotatable bonds is 4. The number of hydrogen-bond acceptors (Lipinski definition) is 3. The van der Waals surface area contributed by atoms with Crippen LogP contribution in [0, 0.1) is 6.92 Å². The molecular formula is C28H28N2O3. The van der Waals surface area contributed by atoms with Crippen molar-refractivity contribution in [2.24, 2.45) is 0 Å². The lowest BCUT2D eigenvalue weighted by atomic mass is 9.98. The second-order valence-corrected chi connectivity index (χ2v) is 8.86. The summed E-state index contributed by atoms with van der Waals surface area (Å²) >= 11 is 0. The number of carbonyl (C=O) groups excluding carboxylic acids is 2. The smallest absolute Gasteiger partial charge is 0.410 e. The van der Waals surface area contributed by atoms with E-state index in [-0.39, 0.29) is 18.4 Å². The van der Waals surface area contributed by atoms with Gasteiger partial charge in [0.1, 0.15) is 12.6 Å². The standard InChI is InChI=1S/C28H28N2O3/c1-19-13-15-20(16-14-19)29-27(31)26-12-6-7-17-30(26)28(32)33-18-25-23-10-4-2-8-21(23)22-9-3-5-11-24(22)25/h2-5,8-11,13-16,25-26H,6-7,12,17-18H2,1H3,(H,29,31)/t26-/m0/s1. The van der Waals surface area contributed by atoms with Gasteiger partial charge in [0.25, 0.3) is 0 Å². The Hall–Kier alpha value is -3.60. The van der Waals surface area contributed by atoms with Crippen LogP contribution in [0.1, 0.15) is 41.9 Å². The third-order valence-corrected chi connectivity index (χ3v) is 6.70. The monoisotopic (exact) mass is 440 g/mol. The quantitative estimate of drug-likeness (QED) is 0.563.